The first-order chi connectivity index (χ1) is 8.17. The fraction of sp³-hybridized carbons (Fsp3) is 0.500. The maximum Gasteiger partial charge on any atom is 0.123 e. The van der Waals surface area contributed by atoms with Crippen LogP contribution in [0, 0.1) is 5.82 Å². The summed E-state index contributed by atoms with van der Waals surface area (Å²) in [6, 6.07) is 6.04. The molecule has 0 heterocycles. The molecule has 0 fully saturated rings. The van der Waals surface area contributed by atoms with Crippen molar-refractivity contribution < 1.29 is 14.6 Å². The van der Waals surface area contributed by atoms with Gasteiger partial charge in [0.2, 0.25) is 0 Å². The molecular formula is C12H19FN2O2. The van der Waals surface area contributed by atoms with Crippen LogP contribution in [0.3, 0.4) is 0 Å². The van der Waals surface area contributed by atoms with Gasteiger partial charge in [0.05, 0.1) is 12.7 Å². The van der Waals surface area contributed by atoms with Crippen LogP contribution in [0.15, 0.2) is 24.3 Å². The molecule has 0 spiro atoms. The summed E-state index contributed by atoms with van der Waals surface area (Å²) < 4.78 is 12.8. The van der Waals surface area contributed by atoms with Gasteiger partial charge in [0.1, 0.15) is 5.82 Å². The zero-order valence-electron chi connectivity index (χ0n) is 9.72. The standard InChI is InChI=1S/C12H19FN2O2/c13-10-2-4-11(5-3-10)15(7-1-6-14)8-12(17)9-16/h2-5,12,16-17H,1,6-9,14H2. The summed E-state index contributed by atoms with van der Waals surface area (Å²) in [5, 5.41) is 18.3. The number of anilines is 1. The van der Waals surface area contributed by atoms with Crippen molar-refractivity contribution in [3.63, 3.8) is 0 Å². The quantitative estimate of drug-likeness (QED) is 0.644. The lowest BCUT2D eigenvalue weighted by Gasteiger charge is -2.26. The first-order valence-corrected chi connectivity index (χ1v) is 5.67. The molecule has 0 aliphatic heterocycles. The minimum absolute atomic E-state index is 0.291. The average Bonchev–Trinajstić information content (AvgIpc) is 2.35. The van der Waals surface area contributed by atoms with Crippen LogP contribution in [0.1, 0.15) is 6.42 Å². The maximum atomic E-state index is 12.8. The third-order valence-corrected chi connectivity index (χ3v) is 2.47. The van der Waals surface area contributed by atoms with Crippen molar-refractivity contribution in [2.24, 2.45) is 5.73 Å². The monoisotopic (exact) mass is 242 g/mol. The molecule has 4 N–H and O–H groups in total. The molecule has 0 radical (unpaired) electrons. The minimum atomic E-state index is -0.808. The Morgan fingerprint density at radius 3 is 2.47 bits per heavy atom. The molecule has 0 bridgehead atoms. The Balaban J connectivity index is 2.70. The van der Waals surface area contributed by atoms with Crippen molar-refractivity contribution in [2.45, 2.75) is 12.5 Å². The normalized spacial score (nSPS) is 12.5. The van der Waals surface area contributed by atoms with Crippen LogP contribution in [-0.4, -0.2) is 42.6 Å². The van der Waals surface area contributed by atoms with Gasteiger partial charge in [0.15, 0.2) is 0 Å². The number of halogens is 1. The summed E-state index contributed by atoms with van der Waals surface area (Å²) in [5.41, 5.74) is 6.26. The molecule has 17 heavy (non-hydrogen) atoms. The molecule has 1 unspecified atom stereocenters. The molecule has 0 aliphatic rings. The van der Waals surface area contributed by atoms with Crippen molar-refractivity contribution in [3.8, 4) is 0 Å². The van der Waals surface area contributed by atoms with E-state index in [9.17, 15) is 9.50 Å². The van der Waals surface area contributed by atoms with E-state index in [2.05, 4.69) is 0 Å². The molecule has 96 valence electrons. The van der Waals surface area contributed by atoms with Crippen molar-refractivity contribution in [1.82, 2.24) is 0 Å². The number of nitrogens with zero attached hydrogens (tertiary/aromatic N) is 1. The van der Waals surface area contributed by atoms with E-state index in [1.165, 1.54) is 12.1 Å². The van der Waals surface area contributed by atoms with E-state index in [0.29, 0.717) is 19.6 Å². The summed E-state index contributed by atoms with van der Waals surface area (Å²) in [4.78, 5) is 1.88. The molecule has 0 saturated heterocycles. The second-order valence-corrected chi connectivity index (χ2v) is 3.90. The van der Waals surface area contributed by atoms with Gasteiger partial charge >= 0.3 is 0 Å². The molecule has 1 aromatic carbocycles. The minimum Gasteiger partial charge on any atom is -0.394 e. The molecule has 1 rings (SSSR count). The molecule has 0 saturated carbocycles. The third-order valence-electron chi connectivity index (χ3n) is 2.47. The van der Waals surface area contributed by atoms with Crippen LogP contribution in [0.5, 0.6) is 0 Å². The van der Waals surface area contributed by atoms with Crippen molar-refractivity contribution in [2.75, 3.05) is 31.1 Å². The SMILES string of the molecule is NCCCN(CC(O)CO)c1ccc(F)cc1. The van der Waals surface area contributed by atoms with Gasteiger partial charge in [0.25, 0.3) is 0 Å². The highest BCUT2D eigenvalue weighted by Gasteiger charge is 2.11. The molecule has 4 nitrogen and oxygen atoms in total. The van der Waals surface area contributed by atoms with Gasteiger partial charge < -0.3 is 20.8 Å². The Morgan fingerprint density at radius 1 is 1.29 bits per heavy atom. The Labute approximate surface area is 100 Å². The Kier molecular flexibility index (Phi) is 5.90. The van der Waals surface area contributed by atoms with E-state index in [1.807, 2.05) is 4.90 Å². The molecular weight excluding hydrogens is 223 g/mol. The van der Waals surface area contributed by atoms with Gasteiger partial charge in [-0.05, 0) is 37.2 Å². The molecule has 5 heteroatoms. The zero-order valence-corrected chi connectivity index (χ0v) is 9.72. The van der Waals surface area contributed by atoms with Crippen molar-refractivity contribution >= 4 is 5.69 Å². The summed E-state index contributed by atoms with van der Waals surface area (Å²) in [7, 11) is 0. The van der Waals surface area contributed by atoms with E-state index >= 15 is 0 Å². The second kappa shape index (κ2) is 7.21. The molecule has 1 atom stereocenters. The predicted molar refractivity (Wildman–Crippen MR) is 65.4 cm³/mol. The number of aliphatic hydroxyl groups excluding tert-OH is 2. The number of rotatable bonds is 7. The van der Waals surface area contributed by atoms with Gasteiger partial charge in [-0.1, -0.05) is 0 Å². The maximum absolute atomic E-state index is 12.8. The summed E-state index contributed by atoms with van der Waals surface area (Å²) >= 11 is 0. The zero-order chi connectivity index (χ0) is 12.7. The lowest BCUT2D eigenvalue weighted by atomic mass is 10.2. The van der Waals surface area contributed by atoms with E-state index < -0.39 is 6.10 Å². The van der Waals surface area contributed by atoms with Gasteiger partial charge in [-0.2, -0.15) is 0 Å². The fourth-order valence-electron chi connectivity index (χ4n) is 1.57. The highest BCUT2D eigenvalue weighted by Crippen LogP contribution is 2.15. The smallest absolute Gasteiger partial charge is 0.123 e. The van der Waals surface area contributed by atoms with E-state index in [1.54, 1.807) is 12.1 Å². The third kappa shape index (κ3) is 4.68. The Hall–Kier alpha value is -1.17. The summed E-state index contributed by atoms with van der Waals surface area (Å²) in [6.07, 6.45) is -0.0342. The Morgan fingerprint density at radius 2 is 1.94 bits per heavy atom. The van der Waals surface area contributed by atoms with Crippen LogP contribution in [0.4, 0.5) is 10.1 Å². The molecule has 0 aliphatic carbocycles. The predicted octanol–water partition coefficient (Wildman–Crippen LogP) is 0.334. The van der Waals surface area contributed by atoms with Gasteiger partial charge in [-0.3, -0.25) is 0 Å². The molecule has 0 amide bonds. The summed E-state index contributed by atoms with van der Waals surface area (Å²) in [6.45, 7) is 1.23. The highest BCUT2D eigenvalue weighted by atomic mass is 19.1. The number of hydrogen-bond acceptors (Lipinski definition) is 4. The van der Waals surface area contributed by atoms with Crippen LogP contribution in [0.25, 0.3) is 0 Å². The van der Waals surface area contributed by atoms with E-state index in [0.717, 1.165) is 12.1 Å². The number of nitrogens with two attached hydrogens (primary N) is 1. The second-order valence-electron chi connectivity index (χ2n) is 3.90. The van der Waals surface area contributed by atoms with E-state index in [-0.39, 0.29) is 12.4 Å². The van der Waals surface area contributed by atoms with Gasteiger partial charge in [-0.25, -0.2) is 4.39 Å². The lowest BCUT2D eigenvalue weighted by molar-refractivity contribution is 0.0998. The summed E-state index contributed by atoms with van der Waals surface area (Å²) in [5.74, 6) is -0.296. The fourth-order valence-corrected chi connectivity index (χ4v) is 1.57. The van der Waals surface area contributed by atoms with Gasteiger partial charge in [-0.15, -0.1) is 0 Å². The topological polar surface area (TPSA) is 69.7 Å². The van der Waals surface area contributed by atoms with Crippen LogP contribution >= 0.6 is 0 Å². The van der Waals surface area contributed by atoms with Crippen LogP contribution in [-0.2, 0) is 0 Å². The van der Waals surface area contributed by atoms with Crippen LogP contribution < -0.4 is 10.6 Å². The first kappa shape index (κ1) is 13.9. The number of benzene rings is 1. The molecule has 1 aromatic rings. The molecule has 0 aromatic heterocycles. The van der Waals surface area contributed by atoms with Crippen molar-refractivity contribution in [1.29, 1.82) is 0 Å². The largest absolute Gasteiger partial charge is 0.394 e. The highest BCUT2D eigenvalue weighted by molar-refractivity contribution is 5.46. The van der Waals surface area contributed by atoms with Crippen LogP contribution in [0.2, 0.25) is 0 Å². The van der Waals surface area contributed by atoms with Gasteiger partial charge in [0, 0.05) is 18.8 Å². The van der Waals surface area contributed by atoms with Crippen molar-refractivity contribution in [3.05, 3.63) is 30.1 Å². The number of hydrogen-bond donors (Lipinski definition) is 3. The average molecular weight is 242 g/mol. The Bertz CT molecular complexity index is 319. The van der Waals surface area contributed by atoms with E-state index in [4.69, 9.17) is 10.8 Å². The first-order valence-electron chi connectivity index (χ1n) is 5.67. The lowest BCUT2D eigenvalue weighted by Crippen LogP contribution is -2.35. The number of aliphatic hydroxyl groups is 2.